The number of rotatable bonds is 2. The van der Waals surface area contributed by atoms with Crippen molar-refractivity contribution >= 4 is 11.7 Å². The number of carboxylic acid groups (broad SMARTS) is 1. The van der Waals surface area contributed by atoms with E-state index in [0.717, 1.165) is 25.0 Å². The van der Waals surface area contributed by atoms with E-state index in [1.54, 1.807) is 0 Å². The predicted molar refractivity (Wildman–Crippen MR) is 59.9 cm³/mol. The third kappa shape index (κ3) is 2.42. The summed E-state index contributed by atoms with van der Waals surface area (Å²) < 4.78 is 38.4. The Bertz CT molecular complexity index is 465. The van der Waals surface area contributed by atoms with E-state index in [2.05, 4.69) is 0 Å². The van der Waals surface area contributed by atoms with Gasteiger partial charge in [-0.1, -0.05) is 0 Å². The lowest BCUT2D eigenvalue weighted by molar-refractivity contribution is -0.138. The highest BCUT2D eigenvalue weighted by Crippen LogP contribution is 2.35. The van der Waals surface area contributed by atoms with E-state index in [0.29, 0.717) is 18.8 Å². The summed E-state index contributed by atoms with van der Waals surface area (Å²) in [5, 5.41) is 8.77. The molecule has 1 aliphatic heterocycles. The summed E-state index contributed by atoms with van der Waals surface area (Å²) in [5.74, 6) is -1.56. The lowest BCUT2D eigenvalue weighted by atomic mass is 10.1. The van der Waals surface area contributed by atoms with Gasteiger partial charge < -0.3 is 10.0 Å². The maximum absolute atomic E-state index is 12.8. The number of hydrogen-bond donors (Lipinski definition) is 1. The summed E-state index contributed by atoms with van der Waals surface area (Å²) in [6, 6.07) is 3.39. The molecule has 2 rings (SSSR count). The number of alkyl halides is 3. The van der Waals surface area contributed by atoms with E-state index in [-0.39, 0.29) is 0 Å². The highest BCUT2D eigenvalue weighted by Gasteiger charge is 2.36. The summed E-state index contributed by atoms with van der Waals surface area (Å²) in [4.78, 5) is 12.6. The highest BCUT2D eigenvalue weighted by atomic mass is 19.4. The van der Waals surface area contributed by atoms with Gasteiger partial charge in [0, 0.05) is 18.8 Å². The Kier molecular flexibility index (Phi) is 3.19. The minimum atomic E-state index is -4.65. The molecule has 1 aromatic carbocycles. The molecule has 18 heavy (non-hydrogen) atoms. The Morgan fingerprint density at radius 3 is 2.33 bits per heavy atom. The Morgan fingerprint density at radius 2 is 1.83 bits per heavy atom. The quantitative estimate of drug-likeness (QED) is 0.887. The van der Waals surface area contributed by atoms with Gasteiger partial charge in [0.2, 0.25) is 0 Å². The molecule has 0 amide bonds. The van der Waals surface area contributed by atoms with E-state index in [4.69, 9.17) is 5.11 Å². The number of hydrogen-bond acceptors (Lipinski definition) is 2. The summed E-state index contributed by atoms with van der Waals surface area (Å²) in [7, 11) is 0. The van der Waals surface area contributed by atoms with Crippen molar-refractivity contribution in [3.05, 3.63) is 29.3 Å². The fraction of sp³-hybridized carbons (Fsp3) is 0.417. The maximum Gasteiger partial charge on any atom is 0.417 e. The lowest BCUT2D eigenvalue weighted by Gasteiger charge is -2.20. The van der Waals surface area contributed by atoms with Crippen LogP contribution in [0.2, 0.25) is 0 Å². The summed E-state index contributed by atoms with van der Waals surface area (Å²) in [6.07, 6.45) is -2.76. The number of benzene rings is 1. The molecule has 1 fully saturated rings. The second-order valence-electron chi connectivity index (χ2n) is 4.23. The zero-order chi connectivity index (χ0) is 13.3. The molecule has 0 saturated carbocycles. The van der Waals surface area contributed by atoms with Crippen LogP contribution in [-0.2, 0) is 6.18 Å². The van der Waals surface area contributed by atoms with Gasteiger partial charge in [0.05, 0.1) is 11.1 Å². The monoisotopic (exact) mass is 259 g/mol. The molecule has 0 spiro atoms. The van der Waals surface area contributed by atoms with Crippen LogP contribution in [-0.4, -0.2) is 24.2 Å². The van der Waals surface area contributed by atoms with Crippen LogP contribution in [0.5, 0.6) is 0 Å². The first-order valence-corrected chi connectivity index (χ1v) is 5.59. The van der Waals surface area contributed by atoms with Crippen LogP contribution in [0.15, 0.2) is 18.2 Å². The molecular formula is C12H12F3NO2. The number of carbonyl (C=O) groups is 1. The van der Waals surface area contributed by atoms with Crippen molar-refractivity contribution in [2.24, 2.45) is 0 Å². The SMILES string of the molecule is O=C(O)c1ccc(N2CCCC2)cc1C(F)(F)F. The number of aromatic carboxylic acids is 1. The van der Waals surface area contributed by atoms with Gasteiger partial charge in [-0.25, -0.2) is 4.79 Å². The number of carboxylic acids is 1. The average molecular weight is 259 g/mol. The molecule has 1 saturated heterocycles. The van der Waals surface area contributed by atoms with Gasteiger partial charge in [0.25, 0.3) is 0 Å². The molecule has 0 radical (unpaired) electrons. The van der Waals surface area contributed by atoms with Crippen molar-refractivity contribution in [1.29, 1.82) is 0 Å². The average Bonchev–Trinajstić information content (AvgIpc) is 2.80. The first-order chi connectivity index (χ1) is 8.39. The Hall–Kier alpha value is -1.72. The first-order valence-electron chi connectivity index (χ1n) is 5.59. The predicted octanol–water partition coefficient (Wildman–Crippen LogP) is 3.00. The van der Waals surface area contributed by atoms with Crippen molar-refractivity contribution < 1.29 is 23.1 Å². The molecule has 0 bridgehead atoms. The van der Waals surface area contributed by atoms with Gasteiger partial charge in [0.1, 0.15) is 0 Å². The second-order valence-corrected chi connectivity index (χ2v) is 4.23. The van der Waals surface area contributed by atoms with Gasteiger partial charge in [-0.2, -0.15) is 13.2 Å². The van der Waals surface area contributed by atoms with Gasteiger partial charge in [-0.3, -0.25) is 0 Å². The van der Waals surface area contributed by atoms with Crippen LogP contribution in [0, 0.1) is 0 Å². The van der Waals surface area contributed by atoms with Crippen molar-refractivity contribution in [2.45, 2.75) is 19.0 Å². The number of anilines is 1. The van der Waals surface area contributed by atoms with E-state index < -0.39 is 23.3 Å². The van der Waals surface area contributed by atoms with Crippen LogP contribution in [0.1, 0.15) is 28.8 Å². The zero-order valence-electron chi connectivity index (χ0n) is 9.50. The minimum Gasteiger partial charge on any atom is -0.478 e. The molecule has 3 nitrogen and oxygen atoms in total. The molecule has 1 N–H and O–H groups in total. The fourth-order valence-electron chi connectivity index (χ4n) is 2.13. The molecule has 1 aromatic rings. The van der Waals surface area contributed by atoms with Crippen molar-refractivity contribution in [3.63, 3.8) is 0 Å². The molecule has 98 valence electrons. The van der Waals surface area contributed by atoms with E-state index in [1.807, 2.05) is 4.90 Å². The molecule has 1 heterocycles. The van der Waals surface area contributed by atoms with Gasteiger partial charge in [-0.15, -0.1) is 0 Å². The van der Waals surface area contributed by atoms with Crippen LogP contribution in [0.3, 0.4) is 0 Å². The third-order valence-corrected chi connectivity index (χ3v) is 3.01. The molecule has 0 aromatic heterocycles. The van der Waals surface area contributed by atoms with Crippen molar-refractivity contribution in [3.8, 4) is 0 Å². The largest absolute Gasteiger partial charge is 0.478 e. The minimum absolute atomic E-state index is 0.435. The van der Waals surface area contributed by atoms with Crippen molar-refractivity contribution in [2.75, 3.05) is 18.0 Å². The summed E-state index contributed by atoms with van der Waals surface area (Å²) >= 11 is 0. The smallest absolute Gasteiger partial charge is 0.417 e. The van der Waals surface area contributed by atoms with Crippen LogP contribution in [0.25, 0.3) is 0 Å². The van der Waals surface area contributed by atoms with E-state index in [1.165, 1.54) is 6.07 Å². The van der Waals surface area contributed by atoms with E-state index in [9.17, 15) is 18.0 Å². The van der Waals surface area contributed by atoms with E-state index >= 15 is 0 Å². The molecule has 1 aliphatic rings. The lowest BCUT2D eigenvalue weighted by Crippen LogP contribution is -2.20. The van der Waals surface area contributed by atoms with Crippen molar-refractivity contribution in [1.82, 2.24) is 0 Å². The normalized spacial score (nSPS) is 16.1. The highest BCUT2D eigenvalue weighted by molar-refractivity contribution is 5.90. The van der Waals surface area contributed by atoms with Gasteiger partial charge >= 0.3 is 12.1 Å². The molecular weight excluding hydrogens is 247 g/mol. The topological polar surface area (TPSA) is 40.5 Å². The van der Waals surface area contributed by atoms with Gasteiger partial charge in [0.15, 0.2) is 0 Å². The number of halogens is 3. The Morgan fingerprint density at radius 1 is 1.22 bits per heavy atom. The third-order valence-electron chi connectivity index (χ3n) is 3.01. The van der Waals surface area contributed by atoms with Crippen LogP contribution < -0.4 is 4.90 Å². The Labute approximate surface area is 102 Å². The second kappa shape index (κ2) is 4.51. The Balaban J connectivity index is 2.45. The number of nitrogens with zero attached hydrogens (tertiary/aromatic N) is 1. The first kappa shape index (κ1) is 12.7. The fourth-order valence-corrected chi connectivity index (χ4v) is 2.13. The van der Waals surface area contributed by atoms with Crippen LogP contribution >= 0.6 is 0 Å². The maximum atomic E-state index is 12.8. The molecule has 0 aliphatic carbocycles. The molecule has 6 heteroatoms. The standard InChI is InChI=1S/C12H12F3NO2/c13-12(14,15)10-7-8(16-5-1-2-6-16)3-4-9(10)11(17)18/h3-4,7H,1-2,5-6H2,(H,17,18). The summed E-state index contributed by atoms with van der Waals surface area (Å²) in [5.41, 5.74) is -1.35. The zero-order valence-corrected chi connectivity index (χ0v) is 9.50. The van der Waals surface area contributed by atoms with Gasteiger partial charge in [-0.05, 0) is 31.0 Å². The molecule has 0 unspecified atom stereocenters. The van der Waals surface area contributed by atoms with Crippen LogP contribution in [0.4, 0.5) is 18.9 Å². The summed E-state index contributed by atoms with van der Waals surface area (Å²) in [6.45, 7) is 1.42. The molecule has 0 atom stereocenters.